The molecule has 0 amide bonds. The highest BCUT2D eigenvalue weighted by molar-refractivity contribution is 7.17. The molecule has 2 heterocycles. The first-order valence-electron chi connectivity index (χ1n) is 4.90. The molecule has 14 heavy (non-hydrogen) atoms. The van der Waals surface area contributed by atoms with Gasteiger partial charge in [0.25, 0.3) is 0 Å². The summed E-state index contributed by atoms with van der Waals surface area (Å²) in [7, 11) is 0. The maximum atomic E-state index is 5.88. The lowest BCUT2D eigenvalue weighted by Gasteiger charge is -2.07. The normalized spacial score (nSPS) is 23.0. The van der Waals surface area contributed by atoms with Crippen LogP contribution in [0.3, 0.4) is 0 Å². The molecule has 1 aliphatic heterocycles. The van der Waals surface area contributed by atoms with Crippen molar-refractivity contribution >= 4 is 29.0 Å². The van der Waals surface area contributed by atoms with E-state index in [9.17, 15) is 0 Å². The molecule has 1 atom stereocenters. The molecule has 2 rings (SSSR count). The summed E-state index contributed by atoms with van der Waals surface area (Å²) in [4.78, 5) is 1.26. The summed E-state index contributed by atoms with van der Waals surface area (Å²) >= 11 is 7.52. The molecule has 1 fully saturated rings. The molecule has 0 bridgehead atoms. The molecule has 1 aromatic rings. The summed E-state index contributed by atoms with van der Waals surface area (Å²) in [5.41, 5.74) is 1.47. The van der Waals surface area contributed by atoms with Crippen LogP contribution in [0.2, 0.25) is 4.34 Å². The lowest BCUT2D eigenvalue weighted by atomic mass is 9.99. The molecule has 0 spiro atoms. The second-order valence-corrected chi connectivity index (χ2v) is 5.47. The molecule has 3 heteroatoms. The molecule has 1 unspecified atom stereocenters. The number of hydrogen-bond acceptors (Lipinski definition) is 2. The van der Waals surface area contributed by atoms with Gasteiger partial charge in [0, 0.05) is 11.4 Å². The Morgan fingerprint density at radius 3 is 3.07 bits per heavy atom. The smallest absolute Gasteiger partial charge is 0.0934 e. The summed E-state index contributed by atoms with van der Waals surface area (Å²) in [6.45, 7) is 4.49. The van der Waals surface area contributed by atoms with Gasteiger partial charge in [0.2, 0.25) is 0 Å². The fourth-order valence-electron chi connectivity index (χ4n) is 1.79. The zero-order valence-electron chi connectivity index (χ0n) is 8.22. The molecular formula is C11H14ClNS. The third-order valence-corrected chi connectivity index (χ3v) is 3.85. The SMILES string of the molecule is C/C(=C/c1ccc(Cl)s1)C1CCNC1. The van der Waals surface area contributed by atoms with Crippen molar-refractivity contribution in [3.63, 3.8) is 0 Å². The van der Waals surface area contributed by atoms with Gasteiger partial charge in [0.15, 0.2) is 0 Å². The van der Waals surface area contributed by atoms with Crippen LogP contribution in [0.5, 0.6) is 0 Å². The minimum Gasteiger partial charge on any atom is -0.316 e. The molecule has 1 aliphatic rings. The molecule has 1 nitrogen and oxygen atoms in total. The molecule has 0 radical (unpaired) electrons. The summed E-state index contributed by atoms with van der Waals surface area (Å²) in [5.74, 6) is 0.718. The Morgan fingerprint density at radius 1 is 1.64 bits per heavy atom. The predicted molar refractivity (Wildman–Crippen MR) is 64.0 cm³/mol. The van der Waals surface area contributed by atoms with Crippen molar-refractivity contribution < 1.29 is 0 Å². The molecule has 1 saturated heterocycles. The van der Waals surface area contributed by atoms with E-state index in [1.165, 1.54) is 16.9 Å². The fourth-order valence-corrected chi connectivity index (χ4v) is 2.86. The number of rotatable bonds is 2. The van der Waals surface area contributed by atoms with Crippen LogP contribution in [-0.4, -0.2) is 13.1 Å². The standard InChI is InChI=1S/C11H14ClNS/c1-8(9-4-5-13-7-9)6-10-2-3-11(12)14-10/h2-3,6,9,13H,4-5,7H2,1H3/b8-6-. The lowest BCUT2D eigenvalue weighted by molar-refractivity contribution is 0.687. The van der Waals surface area contributed by atoms with Crippen molar-refractivity contribution in [3.8, 4) is 0 Å². The van der Waals surface area contributed by atoms with E-state index in [0.717, 1.165) is 23.3 Å². The monoisotopic (exact) mass is 227 g/mol. The van der Waals surface area contributed by atoms with E-state index in [1.54, 1.807) is 11.3 Å². The number of hydrogen-bond donors (Lipinski definition) is 1. The Morgan fingerprint density at radius 2 is 2.50 bits per heavy atom. The molecule has 1 aromatic heterocycles. The van der Waals surface area contributed by atoms with E-state index >= 15 is 0 Å². The highest BCUT2D eigenvalue weighted by Gasteiger charge is 2.15. The second kappa shape index (κ2) is 4.47. The Kier molecular flexibility index (Phi) is 3.26. The maximum Gasteiger partial charge on any atom is 0.0934 e. The molecular weight excluding hydrogens is 214 g/mol. The molecule has 0 aliphatic carbocycles. The summed E-state index contributed by atoms with van der Waals surface area (Å²) in [5, 5.41) is 3.38. The number of halogens is 1. The van der Waals surface area contributed by atoms with Crippen molar-refractivity contribution in [2.45, 2.75) is 13.3 Å². The van der Waals surface area contributed by atoms with E-state index in [-0.39, 0.29) is 0 Å². The fraction of sp³-hybridized carbons (Fsp3) is 0.455. The zero-order valence-corrected chi connectivity index (χ0v) is 9.79. The minimum absolute atomic E-state index is 0.718. The zero-order chi connectivity index (χ0) is 9.97. The maximum absolute atomic E-state index is 5.88. The summed E-state index contributed by atoms with van der Waals surface area (Å²) in [6.07, 6.45) is 3.52. The second-order valence-electron chi connectivity index (χ2n) is 3.72. The Hall–Kier alpha value is -0.310. The summed E-state index contributed by atoms with van der Waals surface area (Å²) in [6, 6.07) is 4.04. The first kappa shape index (κ1) is 10.2. The van der Waals surface area contributed by atoms with Crippen LogP contribution < -0.4 is 5.32 Å². The Labute approximate surface area is 93.8 Å². The van der Waals surface area contributed by atoms with E-state index in [0.29, 0.717) is 0 Å². The number of nitrogens with one attached hydrogen (secondary N) is 1. The van der Waals surface area contributed by atoms with Gasteiger partial charge in [-0.1, -0.05) is 17.2 Å². The van der Waals surface area contributed by atoms with Gasteiger partial charge >= 0.3 is 0 Å². The molecule has 0 saturated carbocycles. The molecule has 1 N–H and O–H groups in total. The van der Waals surface area contributed by atoms with Crippen molar-refractivity contribution in [3.05, 3.63) is 26.9 Å². The largest absolute Gasteiger partial charge is 0.316 e. The van der Waals surface area contributed by atoms with Crippen molar-refractivity contribution in [2.75, 3.05) is 13.1 Å². The van der Waals surface area contributed by atoms with Gasteiger partial charge in [-0.25, -0.2) is 0 Å². The van der Waals surface area contributed by atoms with E-state index in [2.05, 4.69) is 24.4 Å². The van der Waals surface area contributed by atoms with Crippen LogP contribution in [0.1, 0.15) is 18.2 Å². The first-order valence-corrected chi connectivity index (χ1v) is 6.09. The van der Waals surface area contributed by atoms with Crippen LogP contribution in [-0.2, 0) is 0 Å². The average Bonchev–Trinajstić information content (AvgIpc) is 2.75. The highest BCUT2D eigenvalue weighted by atomic mass is 35.5. The molecule has 76 valence electrons. The topological polar surface area (TPSA) is 12.0 Å². The van der Waals surface area contributed by atoms with Gasteiger partial charge in [-0.2, -0.15) is 0 Å². The Bertz CT molecular complexity index is 337. The number of thiophene rings is 1. The Balaban J connectivity index is 2.09. The minimum atomic E-state index is 0.718. The summed E-state index contributed by atoms with van der Waals surface area (Å²) < 4.78 is 0.869. The van der Waals surface area contributed by atoms with Crippen LogP contribution in [0, 0.1) is 5.92 Å². The van der Waals surface area contributed by atoms with Gasteiger partial charge in [-0.3, -0.25) is 0 Å². The van der Waals surface area contributed by atoms with Crippen molar-refractivity contribution in [1.29, 1.82) is 0 Å². The third-order valence-electron chi connectivity index (χ3n) is 2.67. The van der Waals surface area contributed by atoms with Gasteiger partial charge in [0.1, 0.15) is 0 Å². The van der Waals surface area contributed by atoms with Crippen molar-refractivity contribution in [1.82, 2.24) is 5.32 Å². The van der Waals surface area contributed by atoms with Gasteiger partial charge in [-0.05, 0) is 44.0 Å². The van der Waals surface area contributed by atoms with Crippen LogP contribution in [0.4, 0.5) is 0 Å². The average molecular weight is 228 g/mol. The van der Waals surface area contributed by atoms with Crippen LogP contribution in [0.25, 0.3) is 6.08 Å². The van der Waals surface area contributed by atoms with Crippen LogP contribution in [0.15, 0.2) is 17.7 Å². The van der Waals surface area contributed by atoms with E-state index < -0.39 is 0 Å². The lowest BCUT2D eigenvalue weighted by Crippen LogP contribution is -2.09. The van der Waals surface area contributed by atoms with Gasteiger partial charge in [-0.15, -0.1) is 11.3 Å². The van der Waals surface area contributed by atoms with Crippen molar-refractivity contribution in [2.24, 2.45) is 5.92 Å². The van der Waals surface area contributed by atoms with E-state index in [1.807, 2.05) is 6.07 Å². The predicted octanol–water partition coefficient (Wildman–Crippen LogP) is 3.41. The van der Waals surface area contributed by atoms with Crippen LogP contribution >= 0.6 is 22.9 Å². The van der Waals surface area contributed by atoms with Gasteiger partial charge < -0.3 is 5.32 Å². The third kappa shape index (κ3) is 2.38. The highest BCUT2D eigenvalue weighted by Crippen LogP contribution is 2.26. The molecule has 0 aromatic carbocycles. The first-order chi connectivity index (χ1) is 6.75. The van der Waals surface area contributed by atoms with E-state index in [4.69, 9.17) is 11.6 Å². The van der Waals surface area contributed by atoms with Gasteiger partial charge in [0.05, 0.1) is 4.34 Å². The quantitative estimate of drug-likeness (QED) is 0.817.